The van der Waals surface area contributed by atoms with Gasteiger partial charge in [-0.25, -0.2) is 0 Å². The van der Waals surface area contributed by atoms with E-state index in [9.17, 15) is 9.59 Å². The molecule has 0 radical (unpaired) electrons. The molecule has 0 bridgehead atoms. The Labute approximate surface area is 137 Å². The van der Waals surface area contributed by atoms with Crippen LogP contribution in [0, 0.1) is 0 Å². The second kappa shape index (κ2) is 7.02. The smallest absolute Gasteiger partial charge is 0.268 e. The highest BCUT2D eigenvalue weighted by molar-refractivity contribution is 6.03. The first-order valence-electron chi connectivity index (χ1n) is 8.55. The Kier molecular flexibility index (Phi) is 4.84. The number of hydrogen-bond donors (Lipinski definition) is 1. The zero-order chi connectivity index (χ0) is 16.2. The van der Waals surface area contributed by atoms with Crippen molar-refractivity contribution in [3.05, 3.63) is 24.3 Å². The molecule has 0 unspecified atom stereocenters. The fourth-order valence-corrected chi connectivity index (χ4v) is 3.36. The van der Waals surface area contributed by atoms with Gasteiger partial charge in [0.2, 0.25) is 5.91 Å². The van der Waals surface area contributed by atoms with Gasteiger partial charge >= 0.3 is 0 Å². The number of carbonyl (C=O) groups excluding carboxylic acids is 2. The normalized spacial score (nSPS) is 21.5. The van der Waals surface area contributed by atoms with Crippen molar-refractivity contribution in [2.24, 2.45) is 0 Å². The van der Waals surface area contributed by atoms with Crippen LogP contribution in [0.3, 0.4) is 0 Å². The highest BCUT2D eigenvalue weighted by Gasteiger charge is 2.34. The van der Waals surface area contributed by atoms with E-state index in [1.807, 2.05) is 31.2 Å². The fraction of sp³-hybridized carbons (Fsp3) is 0.556. The number of benzene rings is 1. The average Bonchev–Trinajstić information content (AvgIpc) is 2.58. The van der Waals surface area contributed by atoms with Crippen molar-refractivity contribution in [2.45, 2.75) is 57.6 Å². The van der Waals surface area contributed by atoms with Gasteiger partial charge in [-0.1, -0.05) is 38.3 Å². The predicted molar refractivity (Wildman–Crippen MR) is 88.5 cm³/mol. The minimum atomic E-state index is -0.507. The summed E-state index contributed by atoms with van der Waals surface area (Å²) in [4.78, 5) is 26.5. The lowest BCUT2D eigenvalue weighted by Gasteiger charge is -2.34. The number of hydrogen-bond acceptors (Lipinski definition) is 3. The van der Waals surface area contributed by atoms with E-state index in [0.717, 1.165) is 12.8 Å². The Morgan fingerprint density at radius 2 is 2.00 bits per heavy atom. The summed E-state index contributed by atoms with van der Waals surface area (Å²) in [5.74, 6) is 0.450. The van der Waals surface area contributed by atoms with E-state index < -0.39 is 6.10 Å². The van der Waals surface area contributed by atoms with E-state index in [-0.39, 0.29) is 24.4 Å². The van der Waals surface area contributed by atoms with Gasteiger partial charge in [0.15, 0.2) is 6.10 Å². The molecule has 0 spiro atoms. The molecule has 124 valence electrons. The van der Waals surface area contributed by atoms with Crippen molar-refractivity contribution in [1.29, 1.82) is 0 Å². The van der Waals surface area contributed by atoms with Crippen LogP contribution in [-0.2, 0) is 9.59 Å². The zero-order valence-electron chi connectivity index (χ0n) is 13.6. The van der Waals surface area contributed by atoms with Crippen molar-refractivity contribution in [1.82, 2.24) is 5.32 Å². The third kappa shape index (κ3) is 3.49. The maximum Gasteiger partial charge on any atom is 0.268 e. The molecule has 1 saturated carbocycles. The average molecular weight is 316 g/mol. The molecule has 5 nitrogen and oxygen atoms in total. The second-order valence-electron chi connectivity index (χ2n) is 6.31. The van der Waals surface area contributed by atoms with E-state index in [0.29, 0.717) is 17.9 Å². The van der Waals surface area contributed by atoms with Crippen LogP contribution in [0.25, 0.3) is 0 Å². The first-order valence-corrected chi connectivity index (χ1v) is 8.55. The van der Waals surface area contributed by atoms with Crippen LogP contribution in [0.2, 0.25) is 0 Å². The predicted octanol–water partition coefficient (Wildman–Crippen LogP) is 2.64. The lowest BCUT2D eigenvalue weighted by molar-refractivity contribution is -0.129. The van der Waals surface area contributed by atoms with Gasteiger partial charge in [-0.2, -0.15) is 0 Å². The van der Waals surface area contributed by atoms with Gasteiger partial charge in [0, 0.05) is 6.04 Å². The summed E-state index contributed by atoms with van der Waals surface area (Å²) in [6, 6.07) is 7.66. The quantitative estimate of drug-likeness (QED) is 0.929. The maximum absolute atomic E-state index is 12.6. The third-order valence-electron chi connectivity index (χ3n) is 4.61. The molecule has 2 aliphatic rings. The van der Waals surface area contributed by atoms with Crippen molar-refractivity contribution >= 4 is 17.5 Å². The Bertz CT molecular complexity index is 581. The van der Waals surface area contributed by atoms with Gasteiger partial charge in [-0.3, -0.25) is 14.5 Å². The van der Waals surface area contributed by atoms with Crippen molar-refractivity contribution in [2.75, 3.05) is 11.4 Å². The molecule has 1 heterocycles. The summed E-state index contributed by atoms with van der Waals surface area (Å²) in [5.41, 5.74) is 0.681. The minimum Gasteiger partial charge on any atom is -0.478 e. The van der Waals surface area contributed by atoms with E-state index in [2.05, 4.69) is 5.32 Å². The number of nitrogens with zero attached hydrogens (tertiary/aromatic N) is 1. The van der Waals surface area contributed by atoms with Crippen molar-refractivity contribution < 1.29 is 14.3 Å². The molecule has 5 heteroatoms. The Morgan fingerprint density at radius 3 is 2.74 bits per heavy atom. The fourth-order valence-electron chi connectivity index (χ4n) is 3.36. The van der Waals surface area contributed by atoms with Crippen LogP contribution in [-0.4, -0.2) is 30.5 Å². The summed E-state index contributed by atoms with van der Waals surface area (Å²) >= 11 is 0. The van der Waals surface area contributed by atoms with Gasteiger partial charge in [0.1, 0.15) is 12.3 Å². The van der Waals surface area contributed by atoms with E-state index in [4.69, 9.17) is 4.74 Å². The molecule has 1 aromatic rings. The van der Waals surface area contributed by atoms with Gasteiger partial charge in [0.05, 0.1) is 5.69 Å². The van der Waals surface area contributed by atoms with Crippen LogP contribution in [0.5, 0.6) is 5.75 Å². The molecule has 1 aliphatic heterocycles. The summed E-state index contributed by atoms with van der Waals surface area (Å²) in [6.45, 7) is 1.98. The highest BCUT2D eigenvalue weighted by atomic mass is 16.5. The largest absolute Gasteiger partial charge is 0.478 e. The van der Waals surface area contributed by atoms with Crippen LogP contribution in [0.1, 0.15) is 45.4 Å². The monoisotopic (exact) mass is 316 g/mol. The minimum absolute atomic E-state index is 0.0617. The van der Waals surface area contributed by atoms with E-state index >= 15 is 0 Å². The van der Waals surface area contributed by atoms with Gasteiger partial charge in [-0.05, 0) is 31.4 Å². The Balaban J connectivity index is 1.72. The molecule has 23 heavy (non-hydrogen) atoms. The van der Waals surface area contributed by atoms with Gasteiger partial charge < -0.3 is 10.1 Å². The second-order valence-corrected chi connectivity index (χ2v) is 6.31. The molecule has 1 aliphatic carbocycles. The maximum atomic E-state index is 12.6. The number of nitrogens with one attached hydrogen (secondary N) is 1. The molecular weight excluding hydrogens is 292 g/mol. The van der Waals surface area contributed by atoms with Crippen molar-refractivity contribution in [3.63, 3.8) is 0 Å². The number of rotatable bonds is 4. The zero-order valence-corrected chi connectivity index (χ0v) is 13.6. The Morgan fingerprint density at radius 1 is 1.26 bits per heavy atom. The first kappa shape index (κ1) is 15.8. The lowest BCUT2D eigenvalue weighted by atomic mass is 9.95. The summed E-state index contributed by atoms with van der Waals surface area (Å²) < 4.78 is 5.73. The SMILES string of the molecule is CC[C@H]1Oc2ccccc2N(CC(=O)NC2CCCCC2)C1=O. The molecule has 0 aromatic heterocycles. The molecular formula is C18H24N2O3. The number of carbonyl (C=O) groups is 2. The van der Waals surface area contributed by atoms with Gasteiger partial charge in [0.25, 0.3) is 5.91 Å². The van der Waals surface area contributed by atoms with Crippen LogP contribution < -0.4 is 15.0 Å². The van der Waals surface area contributed by atoms with E-state index in [1.165, 1.54) is 19.3 Å². The van der Waals surface area contributed by atoms with Gasteiger partial charge in [-0.15, -0.1) is 0 Å². The number of ether oxygens (including phenoxy) is 1. The number of fused-ring (bicyclic) bond motifs is 1. The van der Waals surface area contributed by atoms with Crippen molar-refractivity contribution in [3.8, 4) is 5.75 Å². The molecule has 1 N–H and O–H groups in total. The van der Waals surface area contributed by atoms with E-state index in [1.54, 1.807) is 4.90 Å². The Hall–Kier alpha value is -2.04. The standard InChI is InChI=1S/C18H24N2O3/c1-2-15-18(22)20(14-10-6-7-11-16(14)23-15)12-17(21)19-13-8-4-3-5-9-13/h6-7,10-11,13,15H,2-5,8-9,12H2,1H3,(H,19,21)/t15-/m1/s1. The molecule has 1 aromatic carbocycles. The molecule has 3 rings (SSSR count). The molecule has 2 amide bonds. The summed E-state index contributed by atoms with van der Waals surface area (Å²) in [6.07, 6.45) is 5.75. The first-order chi connectivity index (χ1) is 11.2. The topological polar surface area (TPSA) is 58.6 Å². The number of anilines is 1. The molecule has 1 atom stereocenters. The summed E-state index contributed by atoms with van der Waals surface area (Å²) in [5, 5.41) is 3.08. The highest BCUT2D eigenvalue weighted by Crippen LogP contribution is 2.34. The van der Waals surface area contributed by atoms with Crippen LogP contribution >= 0.6 is 0 Å². The molecule has 1 fully saturated rings. The summed E-state index contributed by atoms with van der Waals surface area (Å²) in [7, 11) is 0. The van der Waals surface area contributed by atoms with Crippen LogP contribution in [0.15, 0.2) is 24.3 Å². The molecule has 0 saturated heterocycles. The number of amides is 2. The van der Waals surface area contributed by atoms with Crippen LogP contribution in [0.4, 0.5) is 5.69 Å². The number of para-hydroxylation sites is 2. The third-order valence-corrected chi connectivity index (χ3v) is 4.61. The lowest BCUT2D eigenvalue weighted by Crippen LogP contribution is -2.51.